The Labute approximate surface area is 210 Å². The highest BCUT2D eigenvalue weighted by atomic mass is 79.9. The minimum absolute atomic E-state index is 0.0318. The molecule has 13 heteroatoms. The van der Waals surface area contributed by atoms with Gasteiger partial charge in [-0.3, -0.25) is 19.3 Å². The third-order valence-corrected chi connectivity index (χ3v) is 6.00. The Kier molecular flexibility index (Phi) is 8.00. The first-order valence-corrected chi connectivity index (χ1v) is 11.5. The molecule has 186 valence electrons. The average Bonchev–Trinajstić information content (AvgIpc) is 3.03. The van der Waals surface area contributed by atoms with Crippen LogP contribution >= 0.6 is 27.7 Å². The smallest absolute Gasteiger partial charge is 0.416 e. The van der Waals surface area contributed by atoms with Gasteiger partial charge in [-0.1, -0.05) is 15.9 Å². The predicted octanol–water partition coefficient (Wildman–Crippen LogP) is 5.26. The lowest BCUT2D eigenvalue weighted by Gasteiger charge is -2.16. The summed E-state index contributed by atoms with van der Waals surface area (Å²) in [4.78, 5) is 38.2. The minimum Gasteiger partial charge on any atom is -0.504 e. The molecule has 3 rings (SSSR count). The van der Waals surface area contributed by atoms with Crippen molar-refractivity contribution in [3.63, 3.8) is 0 Å². The molecule has 0 spiro atoms. The van der Waals surface area contributed by atoms with Gasteiger partial charge in [-0.05, 0) is 55.1 Å². The van der Waals surface area contributed by atoms with Crippen molar-refractivity contribution in [3.8, 4) is 17.2 Å². The molecule has 0 radical (unpaired) electrons. The summed E-state index contributed by atoms with van der Waals surface area (Å²) in [6.45, 7) is 1.27. The van der Waals surface area contributed by atoms with Gasteiger partial charge in [0.25, 0.3) is 11.1 Å². The lowest BCUT2D eigenvalue weighted by molar-refractivity contribution is -0.137. The topological polar surface area (TPSA) is 105 Å². The number of hydrogen-bond acceptors (Lipinski definition) is 7. The molecule has 1 saturated heterocycles. The molecule has 8 nitrogen and oxygen atoms in total. The number of imide groups is 1. The van der Waals surface area contributed by atoms with Crippen LogP contribution in [0, 0.1) is 0 Å². The van der Waals surface area contributed by atoms with Gasteiger partial charge in [0.2, 0.25) is 5.91 Å². The molecular weight excluding hydrogens is 557 g/mol. The Morgan fingerprint density at radius 1 is 1.23 bits per heavy atom. The van der Waals surface area contributed by atoms with Crippen molar-refractivity contribution < 1.29 is 42.1 Å². The number of carbonyl (C=O) groups excluding carboxylic acids is 3. The maximum Gasteiger partial charge on any atom is 0.416 e. The van der Waals surface area contributed by atoms with E-state index in [9.17, 15) is 32.7 Å². The van der Waals surface area contributed by atoms with E-state index in [1.54, 1.807) is 6.92 Å². The first-order valence-electron chi connectivity index (χ1n) is 9.90. The van der Waals surface area contributed by atoms with Crippen LogP contribution in [0.25, 0.3) is 6.08 Å². The number of methoxy groups -OCH3 is 1. The maximum atomic E-state index is 13.0. The Morgan fingerprint density at radius 3 is 2.57 bits per heavy atom. The summed E-state index contributed by atoms with van der Waals surface area (Å²) in [6, 6.07) is 5.58. The number of thioether (sulfide) groups is 1. The van der Waals surface area contributed by atoms with Crippen LogP contribution in [0.15, 0.2) is 39.7 Å². The molecule has 0 aliphatic carbocycles. The standard InChI is InChI=1S/C22H18BrF3N2O6S/c1-3-34-16-9-13(23)6-11(19(16)30)7-17-20(31)28(21(32)35-17)10-18(29)27-14-8-12(22(24,25)26)4-5-15(14)33-2/h4-9,30H,3,10H2,1-2H3,(H,27,29)/b17-7-. The number of aromatic hydroxyl groups is 1. The fourth-order valence-corrected chi connectivity index (χ4v) is 4.35. The first-order chi connectivity index (χ1) is 16.4. The van der Waals surface area contributed by atoms with E-state index in [4.69, 9.17) is 9.47 Å². The van der Waals surface area contributed by atoms with E-state index in [1.165, 1.54) is 25.3 Å². The highest BCUT2D eigenvalue weighted by Gasteiger charge is 2.37. The zero-order valence-electron chi connectivity index (χ0n) is 18.2. The van der Waals surface area contributed by atoms with Gasteiger partial charge in [0.15, 0.2) is 11.5 Å². The molecule has 2 aromatic rings. The van der Waals surface area contributed by atoms with Crippen molar-refractivity contribution in [1.29, 1.82) is 0 Å². The van der Waals surface area contributed by atoms with Crippen LogP contribution in [0.4, 0.5) is 23.7 Å². The zero-order chi connectivity index (χ0) is 25.9. The second kappa shape index (κ2) is 10.6. The monoisotopic (exact) mass is 574 g/mol. The summed E-state index contributed by atoms with van der Waals surface area (Å²) in [5, 5.41) is 11.9. The van der Waals surface area contributed by atoms with Gasteiger partial charge in [-0.25, -0.2) is 0 Å². The molecule has 0 atom stereocenters. The van der Waals surface area contributed by atoms with Gasteiger partial charge in [0, 0.05) is 10.0 Å². The predicted molar refractivity (Wildman–Crippen MR) is 126 cm³/mol. The van der Waals surface area contributed by atoms with Gasteiger partial charge in [-0.2, -0.15) is 13.2 Å². The van der Waals surface area contributed by atoms with Crippen LogP contribution in [0.3, 0.4) is 0 Å². The quantitative estimate of drug-likeness (QED) is 0.435. The number of ether oxygens (including phenoxy) is 2. The van der Waals surface area contributed by atoms with Crippen LogP contribution in [0.5, 0.6) is 17.2 Å². The largest absolute Gasteiger partial charge is 0.504 e. The van der Waals surface area contributed by atoms with Gasteiger partial charge in [0.1, 0.15) is 12.3 Å². The van der Waals surface area contributed by atoms with E-state index < -0.39 is 35.3 Å². The van der Waals surface area contributed by atoms with Crippen molar-refractivity contribution in [2.45, 2.75) is 13.1 Å². The summed E-state index contributed by atoms with van der Waals surface area (Å²) < 4.78 is 49.9. The number of benzene rings is 2. The molecule has 1 aliphatic heterocycles. The Morgan fingerprint density at radius 2 is 1.94 bits per heavy atom. The number of phenolic OH excluding ortho intramolecular Hbond substituents is 1. The molecular formula is C22H18BrF3N2O6S. The summed E-state index contributed by atoms with van der Waals surface area (Å²) in [5.41, 5.74) is -1.08. The lowest BCUT2D eigenvalue weighted by Crippen LogP contribution is -2.36. The number of nitrogens with zero attached hydrogens (tertiary/aromatic N) is 1. The number of anilines is 1. The number of carbonyl (C=O) groups is 3. The zero-order valence-corrected chi connectivity index (χ0v) is 20.6. The lowest BCUT2D eigenvalue weighted by atomic mass is 10.1. The second-order valence-electron chi connectivity index (χ2n) is 7.00. The molecule has 3 amide bonds. The van der Waals surface area contributed by atoms with Crippen molar-refractivity contribution >= 4 is 56.5 Å². The summed E-state index contributed by atoms with van der Waals surface area (Å²) in [6.07, 6.45) is -3.37. The summed E-state index contributed by atoms with van der Waals surface area (Å²) in [7, 11) is 1.22. The van der Waals surface area contributed by atoms with Crippen molar-refractivity contribution in [3.05, 3.63) is 50.8 Å². The SMILES string of the molecule is CCOc1cc(Br)cc(/C=C2\SC(=O)N(CC(=O)Nc3cc(C(F)(F)F)ccc3OC)C2=O)c1O. The molecule has 1 fully saturated rings. The van der Waals surface area contributed by atoms with Crippen LogP contribution in [0.1, 0.15) is 18.1 Å². The number of nitrogens with one attached hydrogen (secondary N) is 1. The minimum atomic E-state index is -4.65. The van der Waals surface area contributed by atoms with E-state index in [0.717, 1.165) is 12.1 Å². The number of alkyl halides is 3. The van der Waals surface area contributed by atoms with Gasteiger partial charge < -0.3 is 19.9 Å². The number of halogens is 4. The third-order valence-electron chi connectivity index (χ3n) is 4.63. The Bertz CT molecular complexity index is 1220. The normalized spacial score (nSPS) is 15.0. The summed E-state index contributed by atoms with van der Waals surface area (Å²) in [5.74, 6) is -1.81. The van der Waals surface area contributed by atoms with E-state index in [1.807, 2.05) is 0 Å². The van der Waals surface area contributed by atoms with Crippen LogP contribution in [-0.4, -0.2) is 47.3 Å². The number of hydrogen-bond donors (Lipinski definition) is 2. The van der Waals surface area contributed by atoms with Crippen molar-refractivity contribution in [1.82, 2.24) is 4.90 Å². The molecule has 1 heterocycles. The van der Waals surface area contributed by atoms with E-state index in [2.05, 4.69) is 21.2 Å². The molecule has 0 unspecified atom stereocenters. The summed E-state index contributed by atoms with van der Waals surface area (Å²) >= 11 is 3.83. The molecule has 0 aromatic heterocycles. The van der Waals surface area contributed by atoms with Gasteiger partial charge in [-0.15, -0.1) is 0 Å². The van der Waals surface area contributed by atoms with Crippen LogP contribution in [0.2, 0.25) is 0 Å². The van der Waals surface area contributed by atoms with Gasteiger partial charge >= 0.3 is 6.18 Å². The third kappa shape index (κ3) is 6.09. The van der Waals surface area contributed by atoms with E-state index in [0.29, 0.717) is 27.2 Å². The van der Waals surface area contributed by atoms with E-state index in [-0.39, 0.29) is 40.0 Å². The molecule has 2 aromatic carbocycles. The first kappa shape index (κ1) is 26.4. The van der Waals surface area contributed by atoms with Crippen molar-refractivity contribution in [2.24, 2.45) is 0 Å². The molecule has 0 saturated carbocycles. The highest BCUT2D eigenvalue weighted by molar-refractivity contribution is 9.10. The second-order valence-corrected chi connectivity index (χ2v) is 8.91. The fourth-order valence-electron chi connectivity index (χ4n) is 3.06. The molecule has 2 N–H and O–H groups in total. The number of amides is 3. The maximum absolute atomic E-state index is 13.0. The van der Waals surface area contributed by atoms with Gasteiger partial charge in [0.05, 0.1) is 29.9 Å². The molecule has 35 heavy (non-hydrogen) atoms. The van der Waals surface area contributed by atoms with Crippen LogP contribution < -0.4 is 14.8 Å². The Hall–Kier alpha value is -3.19. The fraction of sp³-hybridized carbons (Fsp3) is 0.227. The molecule has 1 aliphatic rings. The Balaban J connectivity index is 1.80. The van der Waals surface area contributed by atoms with Crippen LogP contribution in [-0.2, 0) is 15.8 Å². The molecule has 0 bridgehead atoms. The van der Waals surface area contributed by atoms with Crippen molar-refractivity contribution in [2.75, 3.05) is 25.6 Å². The van der Waals surface area contributed by atoms with E-state index >= 15 is 0 Å². The average molecular weight is 575 g/mol. The number of rotatable bonds is 7. The number of phenols is 1. The highest BCUT2D eigenvalue weighted by Crippen LogP contribution is 2.39.